The van der Waals surface area contributed by atoms with E-state index >= 15 is 0 Å². The number of carbonyl (C=O) groups is 1. The molecule has 0 unspecified atom stereocenters. The minimum absolute atomic E-state index is 0.239. The van der Waals surface area contributed by atoms with Gasteiger partial charge in [-0.2, -0.15) is 0 Å². The third-order valence-electron chi connectivity index (χ3n) is 3.40. The van der Waals surface area contributed by atoms with Gasteiger partial charge in [-0.05, 0) is 26.7 Å². The van der Waals surface area contributed by atoms with Crippen LogP contribution in [0, 0.1) is 0 Å². The molecule has 138 valence electrons. The second kappa shape index (κ2) is 14.3. The fourth-order valence-corrected chi connectivity index (χ4v) is 4.24. The Labute approximate surface area is 145 Å². The lowest BCUT2D eigenvalue weighted by Gasteiger charge is -2.25. The molecule has 5 nitrogen and oxygen atoms in total. The van der Waals surface area contributed by atoms with Crippen molar-refractivity contribution >= 4 is 25.2 Å². The minimum Gasteiger partial charge on any atom is -0.448 e. The number of esters is 1. The number of carbonyl (C=O) groups excluding carboxylic acids is 1. The predicted octanol–water partition coefficient (Wildman–Crippen LogP) is 5.50. The van der Waals surface area contributed by atoms with Crippen molar-refractivity contribution in [3.05, 3.63) is 0 Å². The van der Waals surface area contributed by atoms with E-state index in [1.54, 1.807) is 13.8 Å². The Morgan fingerprint density at radius 3 is 1.96 bits per heavy atom. The zero-order valence-corrected chi connectivity index (χ0v) is 16.4. The first-order valence-corrected chi connectivity index (χ1v) is 10.8. The zero-order chi connectivity index (χ0) is 17.6. The fraction of sp³-hybridized carbons (Fsp3) is 0.938. The summed E-state index contributed by atoms with van der Waals surface area (Å²) in [5, 5.41) is 0. The van der Waals surface area contributed by atoms with E-state index in [4.69, 9.17) is 25.4 Å². The SMILES string of the molecule is CCCCCCCCC[C@H](OC(=O)CCl)P(=O)(OCC)OCC. The van der Waals surface area contributed by atoms with E-state index in [1.165, 1.54) is 25.7 Å². The van der Waals surface area contributed by atoms with Crippen LogP contribution in [0.4, 0.5) is 0 Å². The van der Waals surface area contributed by atoms with Crippen LogP contribution >= 0.6 is 19.2 Å². The van der Waals surface area contributed by atoms with Gasteiger partial charge in [0.05, 0.1) is 13.2 Å². The zero-order valence-electron chi connectivity index (χ0n) is 14.7. The third-order valence-corrected chi connectivity index (χ3v) is 5.93. The number of ether oxygens (including phenoxy) is 1. The molecule has 0 aromatic carbocycles. The molecule has 0 fully saturated rings. The van der Waals surface area contributed by atoms with Gasteiger partial charge in [-0.25, -0.2) is 0 Å². The van der Waals surface area contributed by atoms with Crippen LogP contribution in [0.1, 0.15) is 72.1 Å². The van der Waals surface area contributed by atoms with Crippen LogP contribution in [0.3, 0.4) is 0 Å². The molecule has 0 heterocycles. The van der Waals surface area contributed by atoms with Crippen LogP contribution in [0.25, 0.3) is 0 Å². The third kappa shape index (κ3) is 10.4. The van der Waals surface area contributed by atoms with Crippen molar-refractivity contribution in [2.45, 2.75) is 78.0 Å². The summed E-state index contributed by atoms with van der Waals surface area (Å²) in [6.45, 7) is 6.14. The van der Waals surface area contributed by atoms with Crippen molar-refractivity contribution in [1.29, 1.82) is 0 Å². The van der Waals surface area contributed by atoms with E-state index in [2.05, 4.69) is 6.92 Å². The van der Waals surface area contributed by atoms with Gasteiger partial charge in [0.15, 0.2) is 0 Å². The lowest BCUT2D eigenvalue weighted by Crippen LogP contribution is -2.22. The van der Waals surface area contributed by atoms with E-state index in [1.807, 2.05) is 0 Å². The Morgan fingerprint density at radius 2 is 1.48 bits per heavy atom. The number of hydrogen-bond donors (Lipinski definition) is 0. The molecular formula is C16H32ClO5P. The molecule has 0 aromatic rings. The molecule has 0 amide bonds. The van der Waals surface area contributed by atoms with E-state index in [0.717, 1.165) is 19.3 Å². The van der Waals surface area contributed by atoms with Crippen molar-refractivity contribution in [3.63, 3.8) is 0 Å². The van der Waals surface area contributed by atoms with Gasteiger partial charge in [0.1, 0.15) is 5.88 Å². The highest BCUT2D eigenvalue weighted by Crippen LogP contribution is 2.55. The van der Waals surface area contributed by atoms with Gasteiger partial charge >= 0.3 is 13.6 Å². The molecule has 0 bridgehead atoms. The smallest absolute Gasteiger partial charge is 0.370 e. The van der Waals surface area contributed by atoms with E-state index < -0.39 is 19.4 Å². The second-order valence-corrected chi connectivity index (χ2v) is 7.80. The summed E-state index contributed by atoms with van der Waals surface area (Å²) in [6.07, 6.45) is 8.36. The Bertz CT molecular complexity index is 341. The van der Waals surface area contributed by atoms with Crippen molar-refractivity contribution in [3.8, 4) is 0 Å². The first kappa shape index (κ1) is 22.9. The first-order chi connectivity index (χ1) is 11.0. The largest absolute Gasteiger partial charge is 0.448 e. The number of rotatable bonds is 15. The highest BCUT2D eigenvalue weighted by Gasteiger charge is 2.38. The van der Waals surface area contributed by atoms with Gasteiger partial charge in [0, 0.05) is 0 Å². The summed E-state index contributed by atoms with van der Waals surface area (Å²) in [6, 6.07) is 0. The predicted molar refractivity (Wildman–Crippen MR) is 94.1 cm³/mol. The van der Waals surface area contributed by atoms with Crippen LogP contribution < -0.4 is 0 Å². The molecule has 0 spiro atoms. The van der Waals surface area contributed by atoms with Gasteiger partial charge in [-0.3, -0.25) is 9.36 Å². The van der Waals surface area contributed by atoms with Crippen molar-refractivity contribution in [2.75, 3.05) is 19.1 Å². The molecule has 0 rings (SSSR count). The molecule has 0 saturated carbocycles. The molecule has 0 aromatic heterocycles. The molecular weight excluding hydrogens is 339 g/mol. The van der Waals surface area contributed by atoms with Crippen LogP contribution in [0.2, 0.25) is 0 Å². The highest BCUT2D eigenvalue weighted by molar-refractivity contribution is 7.54. The summed E-state index contributed by atoms with van der Waals surface area (Å²) < 4.78 is 28.6. The molecule has 23 heavy (non-hydrogen) atoms. The monoisotopic (exact) mass is 370 g/mol. The van der Waals surface area contributed by atoms with Crippen LogP contribution in [-0.4, -0.2) is 30.9 Å². The van der Waals surface area contributed by atoms with Crippen molar-refractivity contribution in [2.24, 2.45) is 0 Å². The molecule has 0 aliphatic carbocycles. The van der Waals surface area contributed by atoms with Gasteiger partial charge in [0.25, 0.3) is 0 Å². The van der Waals surface area contributed by atoms with Crippen LogP contribution in [0.15, 0.2) is 0 Å². The first-order valence-electron chi connectivity index (χ1n) is 8.68. The summed E-state index contributed by atoms with van der Waals surface area (Å²) in [4.78, 5) is 11.5. The molecule has 0 N–H and O–H groups in total. The summed E-state index contributed by atoms with van der Waals surface area (Å²) in [7, 11) is -3.46. The topological polar surface area (TPSA) is 61.8 Å². The van der Waals surface area contributed by atoms with Crippen LogP contribution in [0.5, 0.6) is 0 Å². The number of hydrogen-bond acceptors (Lipinski definition) is 5. The normalized spacial score (nSPS) is 13.0. The average molecular weight is 371 g/mol. The van der Waals surface area contributed by atoms with Gasteiger partial charge < -0.3 is 13.8 Å². The van der Waals surface area contributed by atoms with Crippen molar-refractivity contribution < 1.29 is 23.1 Å². The van der Waals surface area contributed by atoms with E-state index in [9.17, 15) is 9.36 Å². The van der Waals surface area contributed by atoms with Gasteiger partial charge in [0.2, 0.25) is 5.85 Å². The molecule has 1 atom stereocenters. The van der Waals surface area contributed by atoms with E-state index in [0.29, 0.717) is 6.42 Å². The quantitative estimate of drug-likeness (QED) is 0.165. The Morgan fingerprint density at radius 1 is 0.957 bits per heavy atom. The molecule has 0 saturated heterocycles. The molecule has 0 aliphatic heterocycles. The Balaban J connectivity index is 4.49. The maximum absolute atomic E-state index is 12.8. The molecule has 0 radical (unpaired) electrons. The minimum atomic E-state index is -3.46. The number of halogens is 1. The lowest BCUT2D eigenvalue weighted by atomic mass is 10.1. The average Bonchev–Trinajstić information content (AvgIpc) is 2.53. The standard InChI is InChI=1S/C16H32ClO5P/c1-4-7-8-9-10-11-12-13-16(22-15(18)14-17)23(19,20-5-2)21-6-3/h16H,4-14H2,1-3H3/t16-/m1/s1. The van der Waals surface area contributed by atoms with Crippen LogP contribution in [-0.2, 0) is 23.1 Å². The highest BCUT2D eigenvalue weighted by atomic mass is 35.5. The maximum atomic E-state index is 12.8. The lowest BCUT2D eigenvalue weighted by molar-refractivity contribution is -0.143. The number of alkyl halides is 1. The second-order valence-electron chi connectivity index (χ2n) is 5.36. The van der Waals surface area contributed by atoms with Gasteiger partial charge in [-0.15, -0.1) is 11.6 Å². The van der Waals surface area contributed by atoms with Crippen molar-refractivity contribution in [1.82, 2.24) is 0 Å². The maximum Gasteiger partial charge on any atom is 0.370 e. The Kier molecular flexibility index (Phi) is 14.2. The molecule has 0 aliphatic rings. The van der Waals surface area contributed by atoms with E-state index in [-0.39, 0.29) is 19.1 Å². The summed E-state index contributed by atoms with van der Waals surface area (Å²) >= 11 is 5.49. The fourth-order valence-electron chi connectivity index (χ4n) is 2.30. The Hall–Kier alpha value is -0.0900. The number of unbranched alkanes of at least 4 members (excludes halogenated alkanes) is 6. The molecule has 7 heteroatoms. The van der Waals surface area contributed by atoms with Gasteiger partial charge in [-0.1, -0.05) is 45.4 Å². The summed E-state index contributed by atoms with van der Waals surface area (Å²) in [5.41, 5.74) is 0. The summed E-state index contributed by atoms with van der Waals surface area (Å²) in [5.74, 6) is -1.74.